The summed E-state index contributed by atoms with van der Waals surface area (Å²) in [7, 11) is 1.53. The first kappa shape index (κ1) is 13.5. The largest absolute Gasteiger partial charge is 0.396 e. The minimum absolute atomic E-state index is 0.111. The first-order valence-electron chi connectivity index (χ1n) is 6.78. The number of rotatable bonds is 4. The van der Waals surface area contributed by atoms with Gasteiger partial charge in [0.1, 0.15) is 0 Å². The highest BCUT2D eigenvalue weighted by Gasteiger charge is 2.36. The molecule has 2 amide bonds. The van der Waals surface area contributed by atoms with Gasteiger partial charge >= 0.3 is 0 Å². The highest BCUT2D eigenvalue weighted by molar-refractivity contribution is 6.05. The first-order chi connectivity index (χ1) is 8.63. The summed E-state index contributed by atoms with van der Waals surface area (Å²) in [6.07, 6.45) is 4.82. The van der Waals surface area contributed by atoms with Crippen molar-refractivity contribution in [2.75, 3.05) is 20.2 Å². The molecule has 5 nitrogen and oxygen atoms in total. The van der Waals surface area contributed by atoms with Crippen LogP contribution in [0.15, 0.2) is 0 Å². The number of hydrogen-bond donors (Lipinski definition) is 2. The molecule has 1 saturated heterocycles. The number of nitrogens with one attached hydrogen (secondary N) is 1. The molecule has 2 N–H and O–H groups in total. The van der Waals surface area contributed by atoms with Crippen molar-refractivity contribution in [2.24, 2.45) is 11.8 Å². The molecule has 2 rings (SSSR count). The van der Waals surface area contributed by atoms with E-state index < -0.39 is 0 Å². The average molecular weight is 254 g/mol. The predicted molar refractivity (Wildman–Crippen MR) is 66.7 cm³/mol. The topological polar surface area (TPSA) is 69.6 Å². The van der Waals surface area contributed by atoms with Crippen LogP contribution in [0.25, 0.3) is 0 Å². The van der Waals surface area contributed by atoms with Gasteiger partial charge in [-0.3, -0.25) is 14.5 Å². The molecule has 1 aliphatic carbocycles. The molecular formula is C13H22N2O3. The molecule has 2 aliphatic rings. The fourth-order valence-corrected chi connectivity index (χ4v) is 3.00. The normalized spacial score (nSPS) is 33.2. The van der Waals surface area contributed by atoms with Crippen molar-refractivity contribution in [2.45, 2.75) is 38.1 Å². The lowest BCUT2D eigenvalue weighted by molar-refractivity contribution is -0.137. The Labute approximate surface area is 108 Å². The van der Waals surface area contributed by atoms with E-state index in [2.05, 4.69) is 5.32 Å². The van der Waals surface area contributed by atoms with Crippen LogP contribution < -0.4 is 5.32 Å². The molecule has 102 valence electrons. The monoisotopic (exact) mass is 254 g/mol. The molecule has 1 aliphatic heterocycles. The number of hydrogen-bond acceptors (Lipinski definition) is 4. The predicted octanol–water partition coefficient (Wildman–Crippen LogP) is 0.132. The van der Waals surface area contributed by atoms with Gasteiger partial charge in [-0.05, 0) is 31.2 Å². The molecule has 1 saturated carbocycles. The Kier molecular flexibility index (Phi) is 4.35. The van der Waals surface area contributed by atoms with Gasteiger partial charge in [0.05, 0.1) is 12.5 Å². The van der Waals surface area contributed by atoms with E-state index >= 15 is 0 Å². The Hall–Kier alpha value is -0.940. The average Bonchev–Trinajstić information content (AvgIpc) is 2.64. The third-order valence-electron chi connectivity index (χ3n) is 4.31. The van der Waals surface area contributed by atoms with E-state index in [1.807, 2.05) is 0 Å². The van der Waals surface area contributed by atoms with Crippen molar-refractivity contribution in [1.29, 1.82) is 0 Å². The molecular weight excluding hydrogens is 232 g/mol. The van der Waals surface area contributed by atoms with Crippen molar-refractivity contribution in [1.82, 2.24) is 10.2 Å². The summed E-state index contributed by atoms with van der Waals surface area (Å²) in [5, 5.41) is 12.5. The van der Waals surface area contributed by atoms with Gasteiger partial charge in [-0.2, -0.15) is 0 Å². The maximum atomic E-state index is 11.7. The molecule has 1 heterocycles. The smallest absolute Gasteiger partial charge is 0.246 e. The summed E-state index contributed by atoms with van der Waals surface area (Å²) in [6.45, 7) is 0.951. The fraction of sp³-hybridized carbons (Fsp3) is 0.846. The SMILES string of the molecule is CN1C(=O)CC(NCC2CCCCC2CO)C1=O. The lowest BCUT2D eigenvalue weighted by Crippen LogP contribution is -2.41. The van der Waals surface area contributed by atoms with Gasteiger partial charge in [0.25, 0.3) is 0 Å². The number of likely N-dealkylation sites (N-methyl/N-ethyl adjacent to an activating group) is 1. The molecule has 2 fully saturated rings. The van der Waals surface area contributed by atoms with Gasteiger partial charge in [-0.1, -0.05) is 12.8 Å². The quantitative estimate of drug-likeness (QED) is 0.700. The highest BCUT2D eigenvalue weighted by atomic mass is 16.3. The van der Waals surface area contributed by atoms with Crippen LogP contribution in [0.1, 0.15) is 32.1 Å². The molecule has 3 unspecified atom stereocenters. The van der Waals surface area contributed by atoms with E-state index in [-0.39, 0.29) is 30.9 Å². The molecule has 5 heteroatoms. The minimum Gasteiger partial charge on any atom is -0.396 e. The molecule has 18 heavy (non-hydrogen) atoms. The van der Waals surface area contributed by atoms with Crippen molar-refractivity contribution in [3.63, 3.8) is 0 Å². The van der Waals surface area contributed by atoms with Crippen molar-refractivity contribution >= 4 is 11.8 Å². The Morgan fingerprint density at radius 2 is 1.94 bits per heavy atom. The number of aliphatic hydroxyl groups excluding tert-OH is 1. The van der Waals surface area contributed by atoms with Crippen molar-refractivity contribution < 1.29 is 14.7 Å². The molecule has 3 atom stereocenters. The van der Waals surface area contributed by atoms with Crippen LogP contribution in [-0.2, 0) is 9.59 Å². The highest BCUT2D eigenvalue weighted by Crippen LogP contribution is 2.29. The Morgan fingerprint density at radius 1 is 1.28 bits per heavy atom. The molecule has 0 radical (unpaired) electrons. The van der Waals surface area contributed by atoms with E-state index in [1.165, 1.54) is 24.8 Å². The number of amides is 2. The molecule has 0 aromatic rings. The van der Waals surface area contributed by atoms with Crippen LogP contribution in [0.2, 0.25) is 0 Å². The fourth-order valence-electron chi connectivity index (χ4n) is 3.00. The van der Waals surface area contributed by atoms with E-state index in [4.69, 9.17) is 0 Å². The summed E-state index contributed by atoms with van der Waals surface area (Å²) in [6, 6.07) is -0.358. The van der Waals surface area contributed by atoms with Gasteiger partial charge in [0, 0.05) is 13.7 Å². The lowest BCUT2D eigenvalue weighted by atomic mass is 9.79. The Bertz CT molecular complexity index is 332. The number of aliphatic hydroxyl groups is 1. The first-order valence-corrected chi connectivity index (χ1v) is 6.78. The number of nitrogens with zero attached hydrogens (tertiary/aromatic N) is 1. The zero-order valence-corrected chi connectivity index (χ0v) is 10.9. The molecule has 0 bridgehead atoms. The van der Waals surface area contributed by atoms with Crippen LogP contribution in [0.5, 0.6) is 0 Å². The lowest BCUT2D eigenvalue weighted by Gasteiger charge is -2.31. The molecule has 0 spiro atoms. The van der Waals surface area contributed by atoms with Gasteiger partial charge in [-0.15, -0.1) is 0 Å². The maximum absolute atomic E-state index is 11.7. The second kappa shape index (κ2) is 5.80. The molecule has 0 aromatic carbocycles. The Balaban J connectivity index is 1.84. The van der Waals surface area contributed by atoms with Crippen LogP contribution in [0.3, 0.4) is 0 Å². The molecule has 0 aromatic heterocycles. The van der Waals surface area contributed by atoms with Crippen LogP contribution >= 0.6 is 0 Å². The minimum atomic E-state index is -0.358. The third kappa shape index (κ3) is 2.72. The summed E-state index contributed by atoms with van der Waals surface area (Å²) in [4.78, 5) is 24.3. The second-order valence-electron chi connectivity index (χ2n) is 5.44. The summed E-state index contributed by atoms with van der Waals surface area (Å²) < 4.78 is 0. The zero-order valence-electron chi connectivity index (χ0n) is 10.9. The van der Waals surface area contributed by atoms with Crippen LogP contribution in [-0.4, -0.2) is 48.1 Å². The van der Waals surface area contributed by atoms with Crippen LogP contribution in [0, 0.1) is 11.8 Å². The summed E-state index contributed by atoms with van der Waals surface area (Å²) in [5.74, 6) is 0.532. The van der Waals surface area contributed by atoms with Gasteiger partial charge in [0.15, 0.2) is 0 Å². The van der Waals surface area contributed by atoms with Gasteiger partial charge < -0.3 is 10.4 Å². The number of likely N-dealkylation sites (tertiary alicyclic amines) is 1. The van der Waals surface area contributed by atoms with E-state index in [9.17, 15) is 14.7 Å². The summed E-state index contributed by atoms with van der Waals surface area (Å²) in [5.41, 5.74) is 0. The number of carbonyl (C=O) groups excluding carboxylic acids is 2. The van der Waals surface area contributed by atoms with E-state index in [0.29, 0.717) is 11.8 Å². The van der Waals surface area contributed by atoms with Crippen molar-refractivity contribution in [3.8, 4) is 0 Å². The zero-order chi connectivity index (χ0) is 13.1. The standard InChI is InChI=1S/C13H22N2O3/c1-15-12(17)6-11(13(15)18)14-7-9-4-2-3-5-10(9)8-16/h9-11,14,16H,2-8H2,1H3. The number of imide groups is 1. The van der Waals surface area contributed by atoms with Gasteiger partial charge in [-0.25, -0.2) is 0 Å². The van der Waals surface area contributed by atoms with Crippen LogP contribution in [0.4, 0.5) is 0 Å². The van der Waals surface area contributed by atoms with Crippen molar-refractivity contribution in [3.05, 3.63) is 0 Å². The second-order valence-corrected chi connectivity index (χ2v) is 5.44. The van der Waals surface area contributed by atoms with E-state index in [1.54, 1.807) is 0 Å². The third-order valence-corrected chi connectivity index (χ3v) is 4.31. The Morgan fingerprint density at radius 3 is 2.50 bits per heavy atom. The van der Waals surface area contributed by atoms with E-state index in [0.717, 1.165) is 19.4 Å². The van der Waals surface area contributed by atoms with Gasteiger partial charge in [0.2, 0.25) is 11.8 Å². The summed E-state index contributed by atoms with van der Waals surface area (Å²) >= 11 is 0. The number of carbonyl (C=O) groups is 2. The maximum Gasteiger partial charge on any atom is 0.246 e.